The van der Waals surface area contributed by atoms with Gasteiger partial charge in [-0.05, 0) is 45.2 Å². The van der Waals surface area contributed by atoms with Gasteiger partial charge < -0.3 is 9.64 Å². The molecular weight excluding hydrogens is 272 g/mol. The molecular formula is C15H20N2O4. The number of piperidine rings is 1. The number of amides is 1. The summed E-state index contributed by atoms with van der Waals surface area (Å²) in [4.78, 5) is 24.3. The molecule has 0 radical (unpaired) electrons. The molecule has 1 atom stereocenters. The van der Waals surface area contributed by atoms with E-state index < -0.39 is 4.92 Å². The van der Waals surface area contributed by atoms with Gasteiger partial charge in [-0.15, -0.1) is 0 Å². The Morgan fingerprint density at radius 2 is 2.24 bits per heavy atom. The third kappa shape index (κ3) is 3.71. The van der Waals surface area contributed by atoms with Crippen molar-refractivity contribution in [3.8, 4) is 5.75 Å². The standard InChI is InChI=1S/C15H20N2O4/c1-11-9-13(6-7-14(11)17(19)20)21-10-15(18)16-8-4-3-5-12(16)2/h6-7,9,12H,3-5,8,10H2,1-2H3. The minimum absolute atomic E-state index is 0.0262. The lowest BCUT2D eigenvalue weighted by molar-refractivity contribution is -0.385. The number of nitro groups is 1. The molecule has 2 rings (SSSR count). The second-order valence-corrected chi connectivity index (χ2v) is 5.43. The Bertz CT molecular complexity index is 544. The summed E-state index contributed by atoms with van der Waals surface area (Å²) in [5, 5.41) is 10.7. The van der Waals surface area contributed by atoms with Gasteiger partial charge in [0.1, 0.15) is 5.75 Å². The van der Waals surface area contributed by atoms with Crippen LogP contribution in [0.3, 0.4) is 0 Å². The molecule has 1 aliphatic heterocycles. The number of nitro benzene ring substituents is 1. The molecule has 114 valence electrons. The van der Waals surface area contributed by atoms with Crippen molar-refractivity contribution in [3.63, 3.8) is 0 Å². The quantitative estimate of drug-likeness (QED) is 0.631. The van der Waals surface area contributed by atoms with Crippen LogP contribution in [0.15, 0.2) is 18.2 Å². The van der Waals surface area contributed by atoms with Gasteiger partial charge in [0.25, 0.3) is 11.6 Å². The SMILES string of the molecule is Cc1cc(OCC(=O)N2CCCCC2C)ccc1[N+](=O)[O-]. The van der Waals surface area contributed by atoms with Gasteiger partial charge in [-0.2, -0.15) is 0 Å². The third-order valence-corrected chi connectivity index (χ3v) is 3.85. The van der Waals surface area contributed by atoms with Gasteiger partial charge in [0.05, 0.1) is 4.92 Å². The van der Waals surface area contributed by atoms with Crippen molar-refractivity contribution in [3.05, 3.63) is 33.9 Å². The molecule has 1 fully saturated rings. The van der Waals surface area contributed by atoms with Crippen LogP contribution in [0.1, 0.15) is 31.7 Å². The summed E-state index contributed by atoms with van der Waals surface area (Å²) in [6, 6.07) is 4.77. The first-order valence-corrected chi connectivity index (χ1v) is 7.16. The summed E-state index contributed by atoms with van der Waals surface area (Å²) in [5.41, 5.74) is 0.578. The number of hydrogen-bond acceptors (Lipinski definition) is 4. The van der Waals surface area contributed by atoms with Gasteiger partial charge in [-0.3, -0.25) is 14.9 Å². The summed E-state index contributed by atoms with van der Waals surface area (Å²) >= 11 is 0. The van der Waals surface area contributed by atoms with Gasteiger partial charge in [-0.1, -0.05) is 0 Å². The van der Waals surface area contributed by atoms with Crippen molar-refractivity contribution < 1.29 is 14.5 Å². The smallest absolute Gasteiger partial charge is 0.272 e. The lowest BCUT2D eigenvalue weighted by Gasteiger charge is -2.33. The van der Waals surface area contributed by atoms with E-state index in [0.717, 1.165) is 25.8 Å². The van der Waals surface area contributed by atoms with E-state index in [0.29, 0.717) is 11.3 Å². The van der Waals surface area contributed by atoms with Crippen LogP contribution in [-0.4, -0.2) is 34.9 Å². The predicted molar refractivity (Wildman–Crippen MR) is 78.4 cm³/mol. The van der Waals surface area contributed by atoms with Gasteiger partial charge in [0.15, 0.2) is 6.61 Å². The molecule has 1 unspecified atom stereocenters. The third-order valence-electron chi connectivity index (χ3n) is 3.85. The number of ether oxygens (including phenoxy) is 1. The first-order chi connectivity index (χ1) is 9.99. The molecule has 0 saturated carbocycles. The van der Waals surface area contributed by atoms with E-state index in [1.54, 1.807) is 13.0 Å². The Kier molecular flexibility index (Phi) is 4.77. The second-order valence-electron chi connectivity index (χ2n) is 5.43. The van der Waals surface area contributed by atoms with Crippen molar-refractivity contribution in [2.24, 2.45) is 0 Å². The molecule has 0 aliphatic carbocycles. The first kappa shape index (κ1) is 15.3. The predicted octanol–water partition coefficient (Wildman–Crippen LogP) is 2.68. The number of carbonyl (C=O) groups excluding carboxylic acids is 1. The molecule has 0 spiro atoms. The zero-order valence-corrected chi connectivity index (χ0v) is 12.4. The fourth-order valence-electron chi connectivity index (χ4n) is 2.62. The number of hydrogen-bond donors (Lipinski definition) is 0. The fourth-order valence-corrected chi connectivity index (χ4v) is 2.62. The van der Waals surface area contributed by atoms with Crippen molar-refractivity contribution in [2.45, 2.75) is 39.2 Å². The van der Waals surface area contributed by atoms with Crippen LogP contribution < -0.4 is 4.74 Å². The van der Waals surface area contributed by atoms with E-state index in [2.05, 4.69) is 0 Å². The zero-order valence-electron chi connectivity index (χ0n) is 12.4. The monoisotopic (exact) mass is 292 g/mol. The summed E-state index contributed by atoms with van der Waals surface area (Å²) in [6.07, 6.45) is 3.22. The molecule has 1 saturated heterocycles. The van der Waals surface area contributed by atoms with E-state index in [-0.39, 0.29) is 24.2 Å². The van der Waals surface area contributed by atoms with Crippen molar-refractivity contribution in [1.29, 1.82) is 0 Å². The Morgan fingerprint density at radius 1 is 1.48 bits per heavy atom. The number of carbonyl (C=O) groups is 1. The summed E-state index contributed by atoms with van der Waals surface area (Å²) in [6.45, 7) is 4.46. The van der Waals surface area contributed by atoms with Crippen LogP contribution in [0.2, 0.25) is 0 Å². The topological polar surface area (TPSA) is 72.7 Å². The molecule has 0 aromatic heterocycles. The van der Waals surface area contributed by atoms with Crippen LogP contribution in [0.25, 0.3) is 0 Å². The molecule has 21 heavy (non-hydrogen) atoms. The lowest BCUT2D eigenvalue weighted by Crippen LogP contribution is -2.44. The largest absolute Gasteiger partial charge is 0.484 e. The molecule has 1 aromatic rings. The van der Waals surface area contributed by atoms with Crippen molar-refractivity contribution >= 4 is 11.6 Å². The van der Waals surface area contributed by atoms with Gasteiger partial charge in [0.2, 0.25) is 0 Å². The summed E-state index contributed by atoms with van der Waals surface area (Å²) in [5.74, 6) is 0.453. The van der Waals surface area contributed by atoms with Crippen molar-refractivity contribution in [1.82, 2.24) is 4.90 Å². The molecule has 0 N–H and O–H groups in total. The highest BCUT2D eigenvalue weighted by Gasteiger charge is 2.23. The van der Waals surface area contributed by atoms with E-state index in [1.165, 1.54) is 12.1 Å². The van der Waals surface area contributed by atoms with Crippen molar-refractivity contribution in [2.75, 3.05) is 13.2 Å². The summed E-state index contributed by atoms with van der Waals surface area (Å²) in [7, 11) is 0. The van der Waals surface area contributed by atoms with E-state index in [4.69, 9.17) is 4.74 Å². The first-order valence-electron chi connectivity index (χ1n) is 7.16. The van der Waals surface area contributed by atoms with Gasteiger partial charge in [0, 0.05) is 24.2 Å². The van der Waals surface area contributed by atoms with Gasteiger partial charge >= 0.3 is 0 Å². The zero-order chi connectivity index (χ0) is 15.4. The van der Waals surface area contributed by atoms with Crippen LogP contribution in [0.4, 0.5) is 5.69 Å². The highest BCUT2D eigenvalue weighted by molar-refractivity contribution is 5.78. The summed E-state index contributed by atoms with van der Waals surface area (Å²) < 4.78 is 5.47. The normalized spacial score (nSPS) is 18.4. The molecule has 1 aliphatic rings. The Labute approximate surface area is 123 Å². The number of benzene rings is 1. The average molecular weight is 292 g/mol. The minimum atomic E-state index is -0.431. The second kappa shape index (κ2) is 6.56. The molecule has 0 bridgehead atoms. The van der Waals surface area contributed by atoms with Crippen LogP contribution >= 0.6 is 0 Å². The van der Waals surface area contributed by atoms with Crippen LogP contribution in [0, 0.1) is 17.0 Å². The van der Waals surface area contributed by atoms with E-state index >= 15 is 0 Å². The van der Waals surface area contributed by atoms with Crippen LogP contribution in [-0.2, 0) is 4.79 Å². The number of likely N-dealkylation sites (tertiary alicyclic amines) is 1. The Morgan fingerprint density at radius 3 is 2.86 bits per heavy atom. The number of nitrogens with zero attached hydrogens (tertiary/aromatic N) is 2. The molecule has 1 heterocycles. The maximum Gasteiger partial charge on any atom is 0.272 e. The number of aryl methyl sites for hydroxylation is 1. The fraction of sp³-hybridized carbons (Fsp3) is 0.533. The highest BCUT2D eigenvalue weighted by atomic mass is 16.6. The Hall–Kier alpha value is -2.11. The maximum absolute atomic E-state index is 12.1. The van der Waals surface area contributed by atoms with E-state index in [1.807, 2.05) is 11.8 Å². The molecule has 6 heteroatoms. The minimum Gasteiger partial charge on any atom is -0.484 e. The molecule has 1 aromatic carbocycles. The maximum atomic E-state index is 12.1. The molecule has 6 nitrogen and oxygen atoms in total. The van der Waals surface area contributed by atoms with Crippen LogP contribution in [0.5, 0.6) is 5.75 Å². The van der Waals surface area contributed by atoms with E-state index in [9.17, 15) is 14.9 Å². The number of rotatable bonds is 4. The van der Waals surface area contributed by atoms with Gasteiger partial charge in [-0.25, -0.2) is 0 Å². The average Bonchev–Trinajstić information content (AvgIpc) is 2.45. The lowest BCUT2D eigenvalue weighted by atomic mass is 10.0. The Balaban J connectivity index is 1.95. The highest BCUT2D eigenvalue weighted by Crippen LogP contribution is 2.23. The molecule has 1 amide bonds.